The first-order valence-corrected chi connectivity index (χ1v) is 8.71. The molecule has 2 aromatic rings. The van der Waals surface area contributed by atoms with Crippen molar-refractivity contribution in [2.45, 2.75) is 18.7 Å². The van der Waals surface area contributed by atoms with Crippen molar-refractivity contribution in [3.05, 3.63) is 51.0 Å². The van der Waals surface area contributed by atoms with Crippen molar-refractivity contribution in [2.24, 2.45) is 0 Å². The molecule has 0 aromatic heterocycles. The second-order valence-electron chi connectivity index (χ2n) is 4.71. The molecule has 2 rings (SSSR count). The van der Waals surface area contributed by atoms with Gasteiger partial charge in [0.1, 0.15) is 4.90 Å². The summed E-state index contributed by atoms with van der Waals surface area (Å²) >= 11 is 9.39. The third kappa shape index (κ3) is 3.51. The van der Waals surface area contributed by atoms with Gasteiger partial charge in [-0.2, -0.15) is 0 Å². The van der Waals surface area contributed by atoms with Gasteiger partial charge in [0.25, 0.3) is 10.0 Å². The zero-order valence-electron chi connectivity index (χ0n) is 11.4. The molecular formula is C14H14BrClN2O2S. The zero-order chi connectivity index (χ0) is 15.8. The van der Waals surface area contributed by atoms with Gasteiger partial charge in [0.15, 0.2) is 0 Å². The van der Waals surface area contributed by atoms with Gasteiger partial charge in [-0.15, -0.1) is 0 Å². The lowest BCUT2D eigenvalue weighted by Crippen LogP contribution is -2.14. The van der Waals surface area contributed by atoms with Crippen molar-refractivity contribution < 1.29 is 8.42 Å². The summed E-state index contributed by atoms with van der Waals surface area (Å²) < 4.78 is 28.2. The number of benzene rings is 2. The number of sulfonamides is 1. The highest BCUT2D eigenvalue weighted by Crippen LogP contribution is 2.29. The maximum atomic E-state index is 12.4. The Kier molecular flexibility index (Phi) is 4.51. The lowest BCUT2D eigenvalue weighted by Gasteiger charge is -2.12. The van der Waals surface area contributed by atoms with Crippen LogP contribution in [0.2, 0.25) is 5.02 Å². The maximum Gasteiger partial charge on any atom is 0.263 e. The maximum absolute atomic E-state index is 12.4. The summed E-state index contributed by atoms with van der Waals surface area (Å²) in [5, 5.41) is 0.142. The predicted molar refractivity (Wildman–Crippen MR) is 90.3 cm³/mol. The molecule has 0 aliphatic carbocycles. The lowest BCUT2D eigenvalue weighted by molar-refractivity contribution is 0.601. The number of nitrogen functional groups attached to an aromatic ring is 1. The van der Waals surface area contributed by atoms with E-state index in [1.807, 2.05) is 6.92 Å². The van der Waals surface area contributed by atoms with Crippen LogP contribution in [0.25, 0.3) is 0 Å². The van der Waals surface area contributed by atoms with Crippen LogP contribution in [0.4, 0.5) is 11.4 Å². The van der Waals surface area contributed by atoms with E-state index < -0.39 is 10.0 Å². The summed E-state index contributed by atoms with van der Waals surface area (Å²) in [5.41, 5.74) is 8.27. The summed E-state index contributed by atoms with van der Waals surface area (Å²) in [6.07, 6.45) is 0. The van der Waals surface area contributed by atoms with E-state index in [-0.39, 0.29) is 9.92 Å². The average molecular weight is 390 g/mol. The summed E-state index contributed by atoms with van der Waals surface area (Å²) in [6.45, 7) is 3.64. The Morgan fingerprint density at radius 1 is 1.14 bits per heavy atom. The minimum absolute atomic E-state index is 0.0344. The van der Waals surface area contributed by atoms with Gasteiger partial charge in [-0.1, -0.05) is 27.5 Å². The third-order valence-corrected chi connectivity index (χ3v) is 5.76. The Morgan fingerprint density at radius 2 is 1.81 bits per heavy atom. The molecule has 0 aliphatic rings. The van der Waals surface area contributed by atoms with Gasteiger partial charge in [-0.3, -0.25) is 4.72 Å². The molecule has 0 saturated carbocycles. The van der Waals surface area contributed by atoms with Crippen molar-refractivity contribution in [1.29, 1.82) is 0 Å². The Bertz CT molecular complexity index is 807. The quantitative estimate of drug-likeness (QED) is 0.776. The standard InChI is InChI=1S/C14H14BrClN2O2S/c1-8-5-10(3-4-11(8)15)18-21(19,20)14-7-13(17)9(2)6-12(14)16/h3-7,18H,17H2,1-2H3. The molecule has 0 bridgehead atoms. The van der Waals surface area contributed by atoms with Crippen molar-refractivity contribution >= 4 is 48.9 Å². The van der Waals surface area contributed by atoms with Gasteiger partial charge in [0, 0.05) is 15.8 Å². The normalized spacial score (nSPS) is 11.4. The average Bonchev–Trinajstić information content (AvgIpc) is 2.37. The van der Waals surface area contributed by atoms with E-state index in [0.717, 1.165) is 15.6 Å². The summed E-state index contributed by atoms with van der Waals surface area (Å²) in [5.74, 6) is 0. The number of aryl methyl sites for hydroxylation is 2. The summed E-state index contributed by atoms with van der Waals surface area (Å²) in [6, 6.07) is 8.08. The monoisotopic (exact) mass is 388 g/mol. The minimum atomic E-state index is -3.79. The fourth-order valence-corrected chi connectivity index (χ4v) is 3.71. The lowest BCUT2D eigenvalue weighted by atomic mass is 10.2. The number of nitrogens with one attached hydrogen (secondary N) is 1. The number of halogens is 2. The molecule has 0 radical (unpaired) electrons. The van der Waals surface area contributed by atoms with E-state index in [9.17, 15) is 8.42 Å². The first-order chi connectivity index (χ1) is 9.70. The highest BCUT2D eigenvalue weighted by Gasteiger charge is 2.19. The highest BCUT2D eigenvalue weighted by molar-refractivity contribution is 9.10. The fraction of sp³-hybridized carbons (Fsp3) is 0.143. The molecule has 4 nitrogen and oxygen atoms in total. The van der Waals surface area contributed by atoms with E-state index in [1.54, 1.807) is 25.1 Å². The third-order valence-electron chi connectivity index (χ3n) is 3.02. The second kappa shape index (κ2) is 5.87. The molecule has 0 saturated heterocycles. The first kappa shape index (κ1) is 16.1. The van der Waals surface area contributed by atoms with Gasteiger partial charge < -0.3 is 5.73 Å². The van der Waals surface area contributed by atoms with Gasteiger partial charge >= 0.3 is 0 Å². The first-order valence-electron chi connectivity index (χ1n) is 6.05. The molecule has 2 aromatic carbocycles. The molecular weight excluding hydrogens is 376 g/mol. The van der Waals surface area contributed by atoms with Gasteiger partial charge in [0.2, 0.25) is 0 Å². The van der Waals surface area contributed by atoms with Crippen molar-refractivity contribution in [1.82, 2.24) is 0 Å². The molecule has 112 valence electrons. The van der Waals surface area contributed by atoms with Crippen LogP contribution in [0.3, 0.4) is 0 Å². The predicted octanol–water partition coefficient (Wildman–Crippen LogP) is 4.10. The number of rotatable bonds is 3. The van der Waals surface area contributed by atoms with Crippen LogP contribution in [-0.2, 0) is 10.0 Å². The van der Waals surface area contributed by atoms with E-state index >= 15 is 0 Å². The van der Waals surface area contributed by atoms with E-state index in [0.29, 0.717) is 11.4 Å². The summed E-state index contributed by atoms with van der Waals surface area (Å²) in [7, 11) is -3.79. The molecule has 0 heterocycles. The number of nitrogens with two attached hydrogens (primary N) is 1. The van der Waals surface area contributed by atoms with Crippen molar-refractivity contribution in [2.75, 3.05) is 10.5 Å². The molecule has 0 amide bonds. The van der Waals surface area contributed by atoms with Gasteiger partial charge in [-0.25, -0.2) is 8.42 Å². The number of anilines is 2. The largest absolute Gasteiger partial charge is 0.398 e. The van der Waals surface area contributed by atoms with E-state index in [1.165, 1.54) is 12.1 Å². The SMILES string of the molecule is Cc1cc(Cl)c(S(=O)(=O)Nc2ccc(Br)c(C)c2)cc1N. The smallest absolute Gasteiger partial charge is 0.263 e. The number of hydrogen-bond acceptors (Lipinski definition) is 3. The van der Waals surface area contributed by atoms with Crippen LogP contribution in [-0.4, -0.2) is 8.42 Å². The Hall–Kier alpha value is -1.24. The van der Waals surface area contributed by atoms with Crippen molar-refractivity contribution in [3.63, 3.8) is 0 Å². The molecule has 0 aliphatic heterocycles. The van der Waals surface area contributed by atoms with E-state index in [2.05, 4.69) is 20.7 Å². The van der Waals surface area contributed by atoms with Crippen LogP contribution < -0.4 is 10.5 Å². The number of hydrogen-bond donors (Lipinski definition) is 2. The minimum Gasteiger partial charge on any atom is -0.398 e. The highest BCUT2D eigenvalue weighted by atomic mass is 79.9. The summed E-state index contributed by atoms with van der Waals surface area (Å²) in [4.78, 5) is -0.0344. The van der Waals surface area contributed by atoms with Crippen LogP contribution in [0.15, 0.2) is 39.7 Å². The molecule has 21 heavy (non-hydrogen) atoms. The Balaban J connectivity index is 2.43. The van der Waals surface area contributed by atoms with Crippen LogP contribution in [0, 0.1) is 13.8 Å². The van der Waals surface area contributed by atoms with Crippen LogP contribution in [0.5, 0.6) is 0 Å². The Labute approximate surface area is 137 Å². The van der Waals surface area contributed by atoms with Gasteiger partial charge in [0.05, 0.1) is 5.02 Å². The topological polar surface area (TPSA) is 72.2 Å². The van der Waals surface area contributed by atoms with Crippen LogP contribution in [0.1, 0.15) is 11.1 Å². The van der Waals surface area contributed by atoms with E-state index in [4.69, 9.17) is 17.3 Å². The second-order valence-corrected chi connectivity index (χ2v) is 7.62. The fourth-order valence-electron chi connectivity index (χ4n) is 1.79. The van der Waals surface area contributed by atoms with Crippen molar-refractivity contribution in [3.8, 4) is 0 Å². The molecule has 0 unspecified atom stereocenters. The zero-order valence-corrected chi connectivity index (χ0v) is 14.6. The molecule has 7 heteroatoms. The molecule has 0 spiro atoms. The van der Waals surface area contributed by atoms with Gasteiger partial charge in [-0.05, 0) is 55.3 Å². The molecule has 3 N–H and O–H groups in total. The molecule has 0 atom stereocenters. The Morgan fingerprint density at radius 3 is 2.43 bits per heavy atom. The van der Waals surface area contributed by atoms with Crippen LogP contribution >= 0.6 is 27.5 Å². The molecule has 0 fully saturated rings.